The predicted octanol–water partition coefficient (Wildman–Crippen LogP) is 8.06. The Morgan fingerprint density at radius 2 is 1.53 bits per heavy atom. The molecule has 0 spiro atoms. The molecule has 0 amide bonds. The summed E-state index contributed by atoms with van der Waals surface area (Å²) in [6, 6.07) is 16.2. The smallest absolute Gasteiger partial charge is 0.247 e. The van der Waals surface area contributed by atoms with Crippen LogP contribution in [0.4, 0.5) is 18.9 Å². The highest BCUT2D eigenvalue weighted by Gasteiger charge is 2.28. The number of hydrogen-bond acceptors (Lipinski definition) is 1. The molecule has 0 N–H and O–H groups in total. The average molecular weight is 409 g/mol. The maximum atomic E-state index is 12.8. The third-order valence-electron chi connectivity index (χ3n) is 5.86. The van der Waals surface area contributed by atoms with Crippen LogP contribution in [0.15, 0.2) is 53.5 Å². The molecule has 1 aliphatic heterocycles. The van der Waals surface area contributed by atoms with Gasteiger partial charge in [0.1, 0.15) is 0 Å². The Balaban J connectivity index is 1.82. The molecule has 0 aliphatic carbocycles. The van der Waals surface area contributed by atoms with Crippen molar-refractivity contribution in [2.75, 3.05) is 0 Å². The van der Waals surface area contributed by atoms with E-state index in [1.165, 1.54) is 11.1 Å². The van der Waals surface area contributed by atoms with Crippen LogP contribution in [0.2, 0.25) is 0 Å². The van der Waals surface area contributed by atoms with E-state index >= 15 is 0 Å². The van der Waals surface area contributed by atoms with Crippen LogP contribution < -0.4 is 0 Å². The molecule has 0 aromatic heterocycles. The zero-order chi connectivity index (χ0) is 21.6. The highest BCUT2D eigenvalue weighted by molar-refractivity contribution is 6.26. The third-order valence-corrected chi connectivity index (χ3v) is 5.86. The molecule has 3 aromatic carbocycles. The highest BCUT2D eigenvalue weighted by atomic mass is 19.4. The molecule has 0 saturated heterocycles. The fourth-order valence-corrected chi connectivity index (χ4v) is 4.11. The molecule has 0 atom stereocenters. The van der Waals surface area contributed by atoms with Crippen LogP contribution in [0, 0.1) is 0 Å². The number of rotatable bonds is 5. The molecule has 4 rings (SSSR count). The van der Waals surface area contributed by atoms with Gasteiger partial charge in [0.25, 0.3) is 0 Å². The van der Waals surface area contributed by atoms with Gasteiger partial charge in [-0.15, -0.1) is 0 Å². The van der Waals surface area contributed by atoms with Crippen LogP contribution in [0.25, 0.3) is 10.8 Å². The largest absolute Gasteiger partial charge is 0.389 e. The van der Waals surface area contributed by atoms with Crippen molar-refractivity contribution in [1.82, 2.24) is 0 Å². The second-order valence-electron chi connectivity index (χ2n) is 8.75. The van der Waals surface area contributed by atoms with Gasteiger partial charge in [0, 0.05) is 22.9 Å². The quantitative estimate of drug-likeness (QED) is 0.316. The lowest BCUT2D eigenvalue weighted by atomic mass is 9.89. The number of hydrogen-bond donors (Lipinski definition) is 0. The first-order chi connectivity index (χ1) is 14.1. The summed E-state index contributed by atoms with van der Waals surface area (Å²) in [4.78, 5) is 4.91. The van der Waals surface area contributed by atoms with E-state index in [1.54, 1.807) is 6.07 Å². The van der Waals surface area contributed by atoms with Crippen molar-refractivity contribution < 1.29 is 13.2 Å². The second-order valence-corrected chi connectivity index (χ2v) is 8.75. The SMILES string of the molecule is CC(C)c1cc(C2=Nc3ccc(CCC(F)(F)F)c4cccc2c34)cc(C(C)C)c1. The van der Waals surface area contributed by atoms with E-state index in [-0.39, 0.29) is 6.42 Å². The van der Waals surface area contributed by atoms with E-state index in [9.17, 15) is 13.2 Å². The summed E-state index contributed by atoms with van der Waals surface area (Å²) in [5.41, 5.74) is 7.10. The summed E-state index contributed by atoms with van der Waals surface area (Å²) < 4.78 is 38.3. The minimum atomic E-state index is -4.16. The molecule has 0 fully saturated rings. The maximum absolute atomic E-state index is 12.8. The molecule has 3 aromatic rings. The van der Waals surface area contributed by atoms with Gasteiger partial charge in [-0.05, 0) is 58.5 Å². The molecule has 30 heavy (non-hydrogen) atoms. The van der Waals surface area contributed by atoms with Gasteiger partial charge in [-0.3, -0.25) is 0 Å². The Morgan fingerprint density at radius 1 is 0.867 bits per heavy atom. The third kappa shape index (κ3) is 3.88. The Labute approximate surface area is 175 Å². The minimum Gasteiger partial charge on any atom is -0.247 e. The minimum absolute atomic E-state index is 0.0145. The summed E-state index contributed by atoms with van der Waals surface area (Å²) >= 11 is 0. The fraction of sp³-hybridized carbons (Fsp3) is 0.346. The molecule has 0 unspecified atom stereocenters. The molecular formula is C26H26F3N. The molecule has 156 valence electrons. The van der Waals surface area contributed by atoms with Crippen molar-refractivity contribution >= 4 is 22.2 Å². The molecule has 1 heterocycles. The van der Waals surface area contributed by atoms with Gasteiger partial charge in [0.15, 0.2) is 0 Å². The summed E-state index contributed by atoms with van der Waals surface area (Å²) in [6.45, 7) is 8.73. The van der Waals surface area contributed by atoms with Gasteiger partial charge in [-0.2, -0.15) is 13.2 Å². The number of alkyl halides is 3. The van der Waals surface area contributed by atoms with Crippen molar-refractivity contribution in [1.29, 1.82) is 0 Å². The lowest BCUT2D eigenvalue weighted by molar-refractivity contribution is -0.133. The van der Waals surface area contributed by atoms with Crippen LogP contribution in [0.1, 0.15) is 73.8 Å². The number of aliphatic imine (C=N–C) groups is 1. The van der Waals surface area contributed by atoms with Gasteiger partial charge in [-0.25, -0.2) is 4.99 Å². The van der Waals surface area contributed by atoms with Gasteiger partial charge in [0.2, 0.25) is 0 Å². The predicted molar refractivity (Wildman–Crippen MR) is 118 cm³/mol. The highest BCUT2D eigenvalue weighted by Crippen LogP contribution is 2.40. The molecule has 0 saturated carbocycles. The summed E-state index contributed by atoms with van der Waals surface area (Å²) in [7, 11) is 0. The van der Waals surface area contributed by atoms with Gasteiger partial charge in [-0.1, -0.05) is 58.0 Å². The maximum Gasteiger partial charge on any atom is 0.389 e. The number of halogens is 3. The van der Waals surface area contributed by atoms with E-state index in [1.807, 2.05) is 24.3 Å². The second kappa shape index (κ2) is 7.57. The monoisotopic (exact) mass is 409 g/mol. The van der Waals surface area contributed by atoms with Gasteiger partial charge >= 0.3 is 6.18 Å². The van der Waals surface area contributed by atoms with E-state index < -0.39 is 12.6 Å². The van der Waals surface area contributed by atoms with Crippen LogP contribution in [-0.2, 0) is 6.42 Å². The summed E-state index contributed by atoms with van der Waals surface area (Å²) in [5, 5.41) is 1.84. The lowest BCUT2D eigenvalue weighted by Gasteiger charge is -2.15. The van der Waals surface area contributed by atoms with Crippen LogP contribution in [-0.4, -0.2) is 11.9 Å². The average Bonchev–Trinajstić information content (AvgIpc) is 3.07. The topological polar surface area (TPSA) is 12.4 Å². The summed E-state index contributed by atoms with van der Waals surface area (Å²) in [5.74, 6) is 0.799. The Hall–Kier alpha value is -2.62. The molecule has 4 heteroatoms. The first-order valence-corrected chi connectivity index (χ1v) is 10.5. The Kier molecular flexibility index (Phi) is 5.21. The fourth-order valence-electron chi connectivity index (χ4n) is 4.11. The zero-order valence-corrected chi connectivity index (χ0v) is 17.8. The molecule has 1 aliphatic rings. The first-order valence-electron chi connectivity index (χ1n) is 10.5. The van der Waals surface area contributed by atoms with E-state index in [4.69, 9.17) is 4.99 Å². The molecular weight excluding hydrogens is 383 g/mol. The van der Waals surface area contributed by atoms with E-state index in [0.29, 0.717) is 11.8 Å². The van der Waals surface area contributed by atoms with Gasteiger partial charge in [0.05, 0.1) is 11.4 Å². The van der Waals surface area contributed by atoms with Crippen molar-refractivity contribution in [2.24, 2.45) is 4.99 Å². The zero-order valence-electron chi connectivity index (χ0n) is 17.8. The molecule has 0 bridgehead atoms. The molecule has 1 nitrogen and oxygen atoms in total. The number of aryl methyl sites for hydroxylation is 1. The van der Waals surface area contributed by atoms with Crippen molar-refractivity contribution in [3.05, 3.63) is 76.3 Å². The van der Waals surface area contributed by atoms with Crippen molar-refractivity contribution in [3.63, 3.8) is 0 Å². The Bertz CT molecular complexity index is 1110. The number of benzene rings is 3. The van der Waals surface area contributed by atoms with Crippen LogP contribution in [0.5, 0.6) is 0 Å². The molecule has 0 radical (unpaired) electrons. The van der Waals surface area contributed by atoms with Gasteiger partial charge < -0.3 is 0 Å². The Morgan fingerprint density at radius 3 is 2.13 bits per heavy atom. The van der Waals surface area contributed by atoms with E-state index in [0.717, 1.165) is 38.9 Å². The van der Waals surface area contributed by atoms with Crippen LogP contribution in [0.3, 0.4) is 0 Å². The van der Waals surface area contributed by atoms with Crippen molar-refractivity contribution in [3.8, 4) is 0 Å². The number of nitrogens with zero attached hydrogens (tertiary/aromatic N) is 1. The summed E-state index contributed by atoms with van der Waals surface area (Å²) in [6.07, 6.45) is -4.98. The normalized spacial score (nSPS) is 13.6. The standard InChI is InChI=1S/C26H26F3N/c1-15(2)18-12-19(16(3)4)14-20(13-18)25-22-7-5-6-21-17(10-11-26(27,28)29)8-9-23(30-25)24(21)22/h5-9,12-16H,10-11H2,1-4H3. The van der Waals surface area contributed by atoms with Crippen molar-refractivity contribution in [2.45, 2.75) is 58.5 Å². The first kappa shape index (κ1) is 20.6. The lowest BCUT2D eigenvalue weighted by Crippen LogP contribution is -2.08. The van der Waals surface area contributed by atoms with Crippen LogP contribution >= 0.6 is 0 Å². The van der Waals surface area contributed by atoms with E-state index in [2.05, 4.69) is 45.9 Å².